The second-order valence-corrected chi connectivity index (χ2v) is 10.8. The van der Waals surface area contributed by atoms with E-state index in [9.17, 15) is 0 Å². The number of halogens is 1. The van der Waals surface area contributed by atoms with Crippen LogP contribution in [-0.2, 0) is 4.43 Å². The molecule has 116 valence electrons. The van der Waals surface area contributed by atoms with Crippen molar-refractivity contribution in [3.63, 3.8) is 0 Å². The largest absolute Gasteiger partial charge is 0.402 e. The molecule has 0 amide bonds. The molecule has 2 aliphatic carbocycles. The van der Waals surface area contributed by atoms with E-state index >= 15 is 0 Å². The van der Waals surface area contributed by atoms with Gasteiger partial charge in [0.05, 0.1) is 0 Å². The molecule has 4 rings (SSSR count). The van der Waals surface area contributed by atoms with Crippen LogP contribution in [0.4, 0.5) is 0 Å². The Morgan fingerprint density at radius 3 is 1.83 bits per heavy atom. The van der Waals surface area contributed by atoms with Crippen molar-refractivity contribution in [1.29, 1.82) is 0 Å². The molecule has 0 radical (unpaired) electrons. The van der Waals surface area contributed by atoms with E-state index in [1.54, 1.807) is 0 Å². The van der Waals surface area contributed by atoms with Gasteiger partial charge in [-0.2, -0.15) is 0 Å². The molecule has 23 heavy (non-hydrogen) atoms. The summed E-state index contributed by atoms with van der Waals surface area (Å²) in [6, 6.07) is 17.0. The molecule has 0 aromatic heterocycles. The first-order valence-electron chi connectivity index (χ1n) is 8.11. The Labute approximate surface area is 143 Å². The second kappa shape index (κ2) is 5.79. The minimum Gasteiger partial charge on any atom is -0.402 e. The molecule has 2 atom stereocenters. The van der Waals surface area contributed by atoms with Crippen molar-refractivity contribution in [1.82, 2.24) is 0 Å². The minimum atomic E-state index is -2.59. The summed E-state index contributed by atoms with van der Waals surface area (Å²) >= 11 is 7.32. The maximum atomic E-state index is 7.32. The van der Waals surface area contributed by atoms with E-state index in [1.165, 1.54) is 22.3 Å². The van der Waals surface area contributed by atoms with Gasteiger partial charge in [-0.1, -0.05) is 72.8 Å². The van der Waals surface area contributed by atoms with Crippen molar-refractivity contribution in [2.24, 2.45) is 0 Å². The van der Waals surface area contributed by atoms with Crippen LogP contribution in [-0.4, -0.2) is 14.2 Å². The summed E-state index contributed by atoms with van der Waals surface area (Å²) < 4.78 is 6.31. The van der Waals surface area contributed by atoms with Crippen molar-refractivity contribution >= 4 is 30.9 Å². The molecule has 1 nitrogen and oxygen atoms in total. The van der Waals surface area contributed by atoms with E-state index in [4.69, 9.17) is 15.5 Å². The molecule has 0 fully saturated rings. The smallest absolute Gasteiger partial charge is 0.312 e. The zero-order chi connectivity index (χ0) is 15.9. The van der Waals surface area contributed by atoms with E-state index in [-0.39, 0.29) is 11.1 Å². The van der Waals surface area contributed by atoms with Crippen LogP contribution in [0.2, 0.25) is 0 Å². The van der Waals surface area contributed by atoms with Gasteiger partial charge in [-0.05, 0) is 29.2 Å². The van der Waals surface area contributed by atoms with Gasteiger partial charge in [-0.25, -0.2) is 0 Å². The molecule has 0 N–H and O–H groups in total. The predicted molar refractivity (Wildman–Crippen MR) is 99.7 cm³/mol. The Morgan fingerprint density at radius 1 is 0.870 bits per heavy atom. The molecule has 2 unspecified atom stereocenters. The minimum absolute atomic E-state index is 0.182. The third kappa shape index (κ3) is 2.33. The summed E-state index contributed by atoms with van der Waals surface area (Å²) in [4.78, 5) is 0. The monoisotopic (exact) mass is 338 g/mol. The van der Waals surface area contributed by atoms with E-state index in [0.29, 0.717) is 6.61 Å². The van der Waals surface area contributed by atoms with Crippen LogP contribution in [0.5, 0.6) is 0 Å². The summed E-state index contributed by atoms with van der Waals surface area (Å²) in [7, 11) is -2.59. The molecular weight excluding hydrogens is 320 g/mol. The van der Waals surface area contributed by atoms with E-state index in [0.717, 1.165) is 0 Å². The van der Waals surface area contributed by atoms with E-state index < -0.39 is 7.63 Å². The van der Waals surface area contributed by atoms with Crippen molar-refractivity contribution < 1.29 is 4.43 Å². The van der Waals surface area contributed by atoms with Gasteiger partial charge >= 0.3 is 7.63 Å². The third-order valence-electron chi connectivity index (χ3n) is 4.81. The summed E-state index contributed by atoms with van der Waals surface area (Å²) in [5, 5.41) is 0. The van der Waals surface area contributed by atoms with Gasteiger partial charge in [0.15, 0.2) is 0 Å². The number of benzene rings is 2. The summed E-state index contributed by atoms with van der Waals surface area (Å²) in [5.74, 6) is 0. The fraction of sp³-hybridized carbons (Fsp3) is 0.200. The number of hydrogen-bond acceptors (Lipinski definition) is 1. The molecule has 2 aromatic carbocycles. The lowest BCUT2D eigenvalue weighted by Gasteiger charge is -2.35. The lowest BCUT2D eigenvalue weighted by molar-refractivity contribution is 0.326. The number of allylic oxidation sites excluding steroid dienone is 2. The molecule has 0 saturated carbocycles. The SMILES string of the molecule is CCO[Si](Cl)(C1C=Cc2ccccc21)C1C=Cc2ccccc21. The highest BCUT2D eigenvalue weighted by atomic mass is 35.6. The average Bonchev–Trinajstić information content (AvgIpc) is 3.20. The molecule has 2 aliphatic rings. The Kier molecular flexibility index (Phi) is 3.76. The Hall–Kier alpha value is -1.61. The molecular formula is C20H19ClOSi. The first kappa shape index (κ1) is 14.9. The van der Waals surface area contributed by atoms with Crippen molar-refractivity contribution in [2.75, 3.05) is 6.61 Å². The molecule has 0 saturated heterocycles. The van der Waals surface area contributed by atoms with E-state index in [2.05, 4.69) is 72.8 Å². The van der Waals surface area contributed by atoms with Crippen LogP contribution in [0.25, 0.3) is 12.2 Å². The molecule has 2 aromatic rings. The van der Waals surface area contributed by atoms with Crippen LogP contribution in [0.3, 0.4) is 0 Å². The fourth-order valence-corrected chi connectivity index (χ4v) is 8.53. The Bertz CT molecular complexity index is 734. The Balaban J connectivity index is 1.80. The van der Waals surface area contributed by atoms with Crippen LogP contribution in [0, 0.1) is 0 Å². The zero-order valence-electron chi connectivity index (χ0n) is 13.1. The van der Waals surface area contributed by atoms with Crippen LogP contribution >= 0.6 is 11.1 Å². The van der Waals surface area contributed by atoms with Gasteiger partial charge in [0, 0.05) is 17.7 Å². The second-order valence-electron chi connectivity index (χ2n) is 6.06. The van der Waals surface area contributed by atoms with Crippen molar-refractivity contribution in [3.8, 4) is 0 Å². The normalized spacial score (nSPS) is 23.6. The fourth-order valence-electron chi connectivity index (χ4n) is 3.78. The maximum Gasteiger partial charge on any atom is 0.312 e. The summed E-state index contributed by atoms with van der Waals surface area (Å²) in [6.07, 6.45) is 8.87. The topological polar surface area (TPSA) is 9.23 Å². The molecule has 0 spiro atoms. The number of fused-ring (bicyclic) bond motifs is 2. The molecule has 0 bridgehead atoms. The standard InChI is InChI=1S/C20H19ClOSi/c1-2-22-23(21,19-13-11-15-7-3-5-9-17(15)19)20-14-12-16-8-4-6-10-18(16)20/h3-14,19-20H,2H2,1H3. The summed E-state index contributed by atoms with van der Waals surface area (Å²) in [6.45, 7) is 2.69. The molecule has 0 heterocycles. The van der Waals surface area contributed by atoms with Gasteiger partial charge in [0.1, 0.15) is 0 Å². The van der Waals surface area contributed by atoms with Crippen molar-refractivity contribution in [2.45, 2.75) is 18.0 Å². The van der Waals surface area contributed by atoms with E-state index in [1.807, 2.05) is 6.92 Å². The summed E-state index contributed by atoms with van der Waals surface area (Å²) in [5.41, 5.74) is 5.51. The lowest BCUT2D eigenvalue weighted by Crippen LogP contribution is -2.44. The van der Waals surface area contributed by atoms with Crippen molar-refractivity contribution in [3.05, 3.63) is 82.9 Å². The first-order chi connectivity index (χ1) is 11.2. The predicted octanol–water partition coefficient (Wildman–Crippen LogP) is 5.40. The Morgan fingerprint density at radius 2 is 1.35 bits per heavy atom. The van der Waals surface area contributed by atoms with Crippen LogP contribution in [0.15, 0.2) is 60.7 Å². The highest BCUT2D eigenvalue weighted by molar-refractivity contribution is 7.18. The van der Waals surface area contributed by atoms with Gasteiger partial charge in [0.2, 0.25) is 0 Å². The highest BCUT2D eigenvalue weighted by Crippen LogP contribution is 2.49. The number of hydrogen-bond donors (Lipinski definition) is 0. The highest BCUT2D eigenvalue weighted by Gasteiger charge is 2.51. The average molecular weight is 339 g/mol. The first-order valence-corrected chi connectivity index (χ1v) is 11.2. The maximum absolute atomic E-state index is 7.32. The lowest BCUT2D eigenvalue weighted by atomic mass is 10.1. The van der Waals surface area contributed by atoms with Crippen LogP contribution in [0.1, 0.15) is 40.3 Å². The number of rotatable bonds is 4. The third-order valence-corrected chi connectivity index (χ3v) is 9.98. The quantitative estimate of drug-likeness (QED) is 0.535. The zero-order valence-corrected chi connectivity index (χ0v) is 14.8. The molecule has 0 aliphatic heterocycles. The molecule has 3 heteroatoms. The van der Waals surface area contributed by atoms with Gasteiger partial charge in [-0.15, -0.1) is 11.1 Å². The van der Waals surface area contributed by atoms with Gasteiger partial charge in [-0.3, -0.25) is 0 Å². The van der Waals surface area contributed by atoms with Crippen LogP contribution < -0.4 is 0 Å². The van der Waals surface area contributed by atoms with Gasteiger partial charge in [0.25, 0.3) is 0 Å². The van der Waals surface area contributed by atoms with Gasteiger partial charge < -0.3 is 4.43 Å².